The number of hydrogen-bond acceptors (Lipinski definition) is 3. The van der Waals surface area contributed by atoms with Gasteiger partial charge < -0.3 is 5.32 Å². The van der Waals surface area contributed by atoms with Gasteiger partial charge in [0.05, 0.1) is 11.8 Å². The van der Waals surface area contributed by atoms with Crippen LogP contribution in [-0.2, 0) is 10.0 Å². The summed E-state index contributed by atoms with van der Waals surface area (Å²) in [5.41, 5.74) is 0. The van der Waals surface area contributed by atoms with Gasteiger partial charge in [0.2, 0.25) is 10.0 Å². The van der Waals surface area contributed by atoms with Gasteiger partial charge in [0, 0.05) is 19.0 Å². The number of hydrogen-bond donors (Lipinski definition) is 2. The van der Waals surface area contributed by atoms with Gasteiger partial charge in [0.1, 0.15) is 0 Å². The smallest absolute Gasteiger partial charge is 0.211 e. The van der Waals surface area contributed by atoms with E-state index < -0.39 is 10.0 Å². The molecule has 0 amide bonds. The molecule has 1 heterocycles. The molecule has 1 saturated heterocycles. The summed E-state index contributed by atoms with van der Waals surface area (Å²) in [5, 5.41) is 3.19. The van der Waals surface area contributed by atoms with Crippen molar-refractivity contribution in [3.05, 3.63) is 0 Å². The summed E-state index contributed by atoms with van der Waals surface area (Å²) >= 11 is 0. The number of nitrogens with one attached hydrogen (secondary N) is 2. The lowest BCUT2D eigenvalue weighted by molar-refractivity contribution is 0.560. The van der Waals surface area contributed by atoms with Gasteiger partial charge >= 0.3 is 0 Å². The highest BCUT2D eigenvalue weighted by molar-refractivity contribution is 7.89. The van der Waals surface area contributed by atoms with Crippen LogP contribution in [0.3, 0.4) is 0 Å². The minimum Gasteiger partial charge on any atom is -0.302 e. The lowest BCUT2D eigenvalue weighted by Crippen LogP contribution is -2.37. The zero-order valence-electron chi connectivity index (χ0n) is 9.21. The van der Waals surface area contributed by atoms with Crippen LogP contribution in [0.5, 0.6) is 0 Å². The maximum absolute atomic E-state index is 11.3. The van der Waals surface area contributed by atoms with Crippen molar-refractivity contribution in [1.82, 2.24) is 10.0 Å². The average molecular weight is 230 g/mol. The second-order valence-corrected chi connectivity index (χ2v) is 5.63. The van der Waals surface area contributed by atoms with Gasteiger partial charge in [0.15, 0.2) is 0 Å². The second-order valence-electron chi connectivity index (χ2n) is 3.59. The predicted molar refractivity (Wildman–Crippen MR) is 60.9 cm³/mol. The molecule has 4 nitrogen and oxygen atoms in total. The molecule has 15 heavy (non-hydrogen) atoms. The van der Waals surface area contributed by atoms with Crippen LogP contribution in [0.25, 0.3) is 0 Å². The minimum atomic E-state index is -3.09. The molecule has 0 aromatic heterocycles. The molecule has 1 rings (SSSR count). The Morgan fingerprint density at radius 3 is 2.80 bits per heavy atom. The van der Waals surface area contributed by atoms with Crippen LogP contribution in [0.4, 0.5) is 0 Å². The molecule has 0 aliphatic carbocycles. The summed E-state index contributed by atoms with van der Waals surface area (Å²) in [6.45, 7) is 4.31. The van der Waals surface area contributed by atoms with Crippen molar-refractivity contribution in [3.8, 4) is 11.8 Å². The van der Waals surface area contributed by atoms with Gasteiger partial charge in [0.25, 0.3) is 0 Å². The van der Waals surface area contributed by atoms with Gasteiger partial charge in [-0.3, -0.25) is 0 Å². The van der Waals surface area contributed by atoms with E-state index in [-0.39, 0.29) is 17.8 Å². The Kier molecular flexibility index (Phi) is 4.58. The fourth-order valence-corrected chi connectivity index (χ4v) is 2.35. The Bertz CT molecular complexity index is 353. The molecular formula is C10H18N2O2S. The zero-order chi connectivity index (χ0) is 11.3. The standard InChI is InChI=1S/C10H18N2O2S/c1-3-5-6-9-7-10(8-11-9)12-15(13,14)4-2/h9-12H,3-4,7-8H2,1-2H3/t9?,10-/m0/s1. The van der Waals surface area contributed by atoms with Gasteiger partial charge in [-0.2, -0.15) is 0 Å². The Morgan fingerprint density at radius 1 is 1.47 bits per heavy atom. The van der Waals surface area contributed by atoms with Crippen LogP contribution in [0, 0.1) is 11.8 Å². The average Bonchev–Trinajstić information content (AvgIpc) is 2.62. The van der Waals surface area contributed by atoms with Crippen molar-refractivity contribution in [2.75, 3.05) is 12.3 Å². The lowest BCUT2D eigenvalue weighted by Gasteiger charge is -2.09. The van der Waals surface area contributed by atoms with Crippen LogP contribution in [0.1, 0.15) is 26.7 Å². The highest BCUT2D eigenvalue weighted by Gasteiger charge is 2.25. The minimum absolute atomic E-state index is 0.00824. The van der Waals surface area contributed by atoms with E-state index in [1.807, 2.05) is 6.92 Å². The third-order valence-electron chi connectivity index (χ3n) is 2.31. The van der Waals surface area contributed by atoms with Crippen LogP contribution >= 0.6 is 0 Å². The largest absolute Gasteiger partial charge is 0.302 e. The van der Waals surface area contributed by atoms with E-state index in [0.717, 1.165) is 12.8 Å². The van der Waals surface area contributed by atoms with Crippen molar-refractivity contribution in [2.24, 2.45) is 0 Å². The van der Waals surface area contributed by atoms with E-state index in [4.69, 9.17) is 0 Å². The summed E-state index contributed by atoms with van der Waals surface area (Å²) in [5.74, 6) is 6.20. The van der Waals surface area contributed by atoms with Gasteiger partial charge in [-0.05, 0) is 13.3 Å². The molecule has 0 aromatic carbocycles. The summed E-state index contributed by atoms with van der Waals surface area (Å²) in [4.78, 5) is 0. The van der Waals surface area contributed by atoms with Crippen molar-refractivity contribution >= 4 is 10.0 Å². The quantitative estimate of drug-likeness (QED) is 0.675. The topological polar surface area (TPSA) is 58.2 Å². The molecule has 0 aromatic rings. The Labute approximate surface area is 91.9 Å². The molecule has 0 spiro atoms. The molecule has 1 fully saturated rings. The maximum Gasteiger partial charge on any atom is 0.211 e. The fraction of sp³-hybridized carbons (Fsp3) is 0.800. The molecule has 1 unspecified atom stereocenters. The first-order valence-corrected chi connectivity index (χ1v) is 6.94. The van der Waals surface area contributed by atoms with Crippen molar-refractivity contribution in [1.29, 1.82) is 0 Å². The Balaban J connectivity index is 2.44. The lowest BCUT2D eigenvalue weighted by atomic mass is 10.2. The zero-order valence-corrected chi connectivity index (χ0v) is 10.0. The predicted octanol–water partition coefficient (Wildman–Crippen LogP) is 0.0696. The third kappa shape index (κ3) is 4.20. The van der Waals surface area contributed by atoms with Crippen LogP contribution < -0.4 is 10.0 Å². The van der Waals surface area contributed by atoms with E-state index in [1.165, 1.54) is 0 Å². The normalized spacial score (nSPS) is 26.0. The van der Waals surface area contributed by atoms with E-state index >= 15 is 0 Å². The first kappa shape index (κ1) is 12.5. The van der Waals surface area contributed by atoms with Crippen LogP contribution in [0.2, 0.25) is 0 Å². The monoisotopic (exact) mass is 230 g/mol. The fourth-order valence-electron chi connectivity index (χ4n) is 1.50. The molecule has 2 N–H and O–H groups in total. The van der Waals surface area contributed by atoms with E-state index in [2.05, 4.69) is 21.9 Å². The van der Waals surface area contributed by atoms with E-state index in [0.29, 0.717) is 6.54 Å². The molecular weight excluding hydrogens is 212 g/mol. The highest BCUT2D eigenvalue weighted by atomic mass is 32.2. The second kappa shape index (κ2) is 5.50. The third-order valence-corrected chi connectivity index (χ3v) is 3.76. The summed E-state index contributed by atoms with van der Waals surface area (Å²) in [6.07, 6.45) is 1.59. The van der Waals surface area contributed by atoms with Crippen LogP contribution in [-0.4, -0.2) is 32.8 Å². The summed E-state index contributed by atoms with van der Waals surface area (Å²) in [6, 6.07) is 0.126. The first-order valence-electron chi connectivity index (χ1n) is 5.29. The van der Waals surface area contributed by atoms with Gasteiger partial charge in [-0.25, -0.2) is 13.1 Å². The molecule has 1 aliphatic heterocycles. The Hall–Kier alpha value is -0.570. The summed E-state index contributed by atoms with van der Waals surface area (Å²) < 4.78 is 25.3. The van der Waals surface area contributed by atoms with Gasteiger partial charge in [-0.1, -0.05) is 12.8 Å². The number of rotatable bonds is 3. The number of sulfonamides is 1. The molecule has 5 heteroatoms. The molecule has 2 atom stereocenters. The van der Waals surface area contributed by atoms with Crippen molar-refractivity contribution in [2.45, 2.75) is 38.8 Å². The highest BCUT2D eigenvalue weighted by Crippen LogP contribution is 2.07. The van der Waals surface area contributed by atoms with Crippen molar-refractivity contribution in [3.63, 3.8) is 0 Å². The maximum atomic E-state index is 11.3. The van der Waals surface area contributed by atoms with E-state index in [9.17, 15) is 8.42 Å². The van der Waals surface area contributed by atoms with E-state index in [1.54, 1.807) is 6.92 Å². The molecule has 0 saturated carbocycles. The SMILES string of the molecule is CCC#CC1C[C@H](NS(=O)(=O)CC)CN1. The van der Waals surface area contributed by atoms with Gasteiger partial charge in [-0.15, -0.1) is 5.92 Å². The molecule has 0 bridgehead atoms. The molecule has 1 aliphatic rings. The summed E-state index contributed by atoms with van der Waals surface area (Å²) in [7, 11) is -3.09. The molecule has 86 valence electrons. The first-order chi connectivity index (χ1) is 7.07. The van der Waals surface area contributed by atoms with Crippen molar-refractivity contribution < 1.29 is 8.42 Å². The van der Waals surface area contributed by atoms with Crippen LogP contribution in [0.15, 0.2) is 0 Å². The molecule has 0 radical (unpaired) electrons. The Morgan fingerprint density at radius 2 is 2.20 bits per heavy atom.